The summed E-state index contributed by atoms with van der Waals surface area (Å²) in [5, 5.41) is 3.79. The molecule has 0 spiro atoms. The fourth-order valence-electron chi connectivity index (χ4n) is 2.83. The fraction of sp³-hybridized carbons (Fsp3) is 0.400. The van der Waals surface area contributed by atoms with Gasteiger partial charge in [-0.2, -0.15) is 0 Å². The van der Waals surface area contributed by atoms with Gasteiger partial charge in [0.1, 0.15) is 5.75 Å². The number of benzene rings is 1. The molecule has 1 aromatic heterocycles. The number of fused-ring (bicyclic) bond motifs is 1. The van der Waals surface area contributed by atoms with Crippen molar-refractivity contribution in [3.63, 3.8) is 0 Å². The molecule has 4 nitrogen and oxygen atoms in total. The molecule has 4 heteroatoms. The Hall–Kier alpha value is -1.97. The number of hydrogen-bond acceptors (Lipinski definition) is 4. The van der Waals surface area contributed by atoms with Crippen LogP contribution in [0.25, 0.3) is 11.3 Å². The second-order valence-electron chi connectivity index (χ2n) is 4.96. The van der Waals surface area contributed by atoms with Crippen molar-refractivity contribution in [2.45, 2.75) is 32.1 Å². The lowest BCUT2D eigenvalue weighted by Crippen LogP contribution is -1.98. The van der Waals surface area contributed by atoms with E-state index in [4.69, 9.17) is 15.0 Å². The molecular formula is C15H18N2O2. The highest BCUT2D eigenvalue weighted by Gasteiger charge is 2.20. The number of methoxy groups -OCH3 is 1. The fourth-order valence-corrected chi connectivity index (χ4v) is 2.83. The predicted molar refractivity (Wildman–Crippen MR) is 74.2 cm³/mol. The molecule has 0 atom stereocenters. The first-order valence-electron chi connectivity index (χ1n) is 6.71. The van der Waals surface area contributed by atoms with Crippen LogP contribution < -0.4 is 10.5 Å². The molecule has 0 radical (unpaired) electrons. The molecule has 0 saturated carbocycles. The topological polar surface area (TPSA) is 61.3 Å². The van der Waals surface area contributed by atoms with Crippen LogP contribution in [0.5, 0.6) is 5.75 Å². The number of aryl methyl sites for hydroxylation is 1. The Morgan fingerprint density at radius 1 is 1.21 bits per heavy atom. The zero-order chi connectivity index (χ0) is 13.2. The molecule has 0 fully saturated rings. The van der Waals surface area contributed by atoms with Crippen molar-refractivity contribution < 1.29 is 9.26 Å². The highest BCUT2D eigenvalue weighted by atomic mass is 16.5. The van der Waals surface area contributed by atoms with Crippen LogP contribution in [0.1, 0.15) is 30.4 Å². The normalized spacial score (nSPS) is 14.8. The van der Waals surface area contributed by atoms with Crippen molar-refractivity contribution in [1.29, 1.82) is 0 Å². The Labute approximate surface area is 112 Å². The van der Waals surface area contributed by atoms with Crippen LogP contribution >= 0.6 is 0 Å². The van der Waals surface area contributed by atoms with Crippen molar-refractivity contribution in [3.05, 3.63) is 29.3 Å². The molecule has 1 aliphatic carbocycles. The van der Waals surface area contributed by atoms with Crippen LogP contribution in [0.15, 0.2) is 22.7 Å². The summed E-state index contributed by atoms with van der Waals surface area (Å²) in [6, 6.07) is 5.95. The summed E-state index contributed by atoms with van der Waals surface area (Å²) in [6.45, 7) is 0. The summed E-state index contributed by atoms with van der Waals surface area (Å²) >= 11 is 0. The van der Waals surface area contributed by atoms with Crippen molar-refractivity contribution in [2.24, 2.45) is 0 Å². The third-order valence-electron chi connectivity index (χ3n) is 3.74. The van der Waals surface area contributed by atoms with Crippen molar-refractivity contribution in [3.8, 4) is 17.1 Å². The van der Waals surface area contributed by atoms with Crippen LogP contribution in [-0.2, 0) is 12.8 Å². The minimum Gasteiger partial charge on any atom is -0.496 e. The first-order chi connectivity index (χ1) is 9.29. The molecule has 1 aliphatic rings. The molecule has 100 valence electrons. The van der Waals surface area contributed by atoms with E-state index in [0.717, 1.165) is 24.2 Å². The third kappa shape index (κ3) is 2.18. The van der Waals surface area contributed by atoms with E-state index in [2.05, 4.69) is 11.2 Å². The standard InChI is InChI=1S/C15H18N2O2/c1-18-12-8-7-10-5-3-2-4-6-11(10)15(12)13-9-14(16)17-19-13/h7-9H,2-6H2,1H3,(H2,16,17). The summed E-state index contributed by atoms with van der Waals surface area (Å²) in [5.74, 6) is 1.94. The molecule has 0 amide bonds. The minimum atomic E-state index is 0.406. The van der Waals surface area contributed by atoms with Gasteiger partial charge in [0.25, 0.3) is 0 Å². The highest BCUT2D eigenvalue weighted by Crippen LogP contribution is 2.38. The molecule has 19 heavy (non-hydrogen) atoms. The number of hydrogen-bond donors (Lipinski definition) is 1. The lowest BCUT2D eigenvalue weighted by atomic mass is 9.94. The first kappa shape index (κ1) is 12.1. The maximum Gasteiger partial charge on any atom is 0.173 e. The second kappa shape index (κ2) is 4.96. The van der Waals surface area contributed by atoms with Crippen molar-refractivity contribution in [2.75, 3.05) is 12.8 Å². The van der Waals surface area contributed by atoms with Crippen LogP contribution in [0.3, 0.4) is 0 Å². The molecule has 3 rings (SSSR count). The third-order valence-corrected chi connectivity index (χ3v) is 3.74. The van der Waals surface area contributed by atoms with E-state index in [-0.39, 0.29) is 0 Å². The van der Waals surface area contributed by atoms with Gasteiger partial charge in [-0.1, -0.05) is 17.6 Å². The molecular weight excluding hydrogens is 240 g/mol. The van der Waals surface area contributed by atoms with Gasteiger partial charge in [0.15, 0.2) is 11.6 Å². The lowest BCUT2D eigenvalue weighted by molar-refractivity contribution is 0.406. The average Bonchev–Trinajstić information content (AvgIpc) is 2.71. The maximum absolute atomic E-state index is 5.67. The van der Waals surface area contributed by atoms with Crippen molar-refractivity contribution >= 4 is 5.82 Å². The Kier molecular flexibility index (Phi) is 3.15. The summed E-state index contributed by atoms with van der Waals surface area (Å²) in [4.78, 5) is 0. The zero-order valence-corrected chi connectivity index (χ0v) is 11.1. The van der Waals surface area contributed by atoms with Crippen molar-refractivity contribution in [1.82, 2.24) is 5.16 Å². The molecule has 2 N–H and O–H groups in total. The van der Waals surface area contributed by atoms with Gasteiger partial charge in [0, 0.05) is 6.07 Å². The lowest BCUT2D eigenvalue weighted by Gasteiger charge is -2.14. The molecule has 1 aromatic carbocycles. The number of nitrogens with two attached hydrogens (primary N) is 1. The van der Waals surface area contributed by atoms with Gasteiger partial charge in [0.2, 0.25) is 0 Å². The van der Waals surface area contributed by atoms with Crippen LogP contribution in [-0.4, -0.2) is 12.3 Å². The average molecular weight is 258 g/mol. The van der Waals surface area contributed by atoms with Crippen LogP contribution in [0, 0.1) is 0 Å². The molecule has 2 aromatic rings. The number of aromatic nitrogens is 1. The summed E-state index contributed by atoms with van der Waals surface area (Å²) in [7, 11) is 1.68. The predicted octanol–water partition coefficient (Wildman–Crippen LogP) is 3.20. The number of ether oxygens (including phenoxy) is 1. The van der Waals surface area contributed by atoms with Gasteiger partial charge in [-0.3, -0.25) is 0 Å². The molecule has 0 saturated heterocycles. The van der Waals surface area contributed by atoms with E-state index in [1.165, 1.54) is 30.4 Å². The number of anilines is 1. The largest absolute Gasteiger partial charge is 0.496 e. The highest BCUT2D eigenvalue weighted by molar-refractivity contribution is 5.73. The zero-order valence-electron chi connectivity index (χ0n) is 11.1. The van der Waals surface area contributed by atoms with Gasteiger partial charge in [0.05, 0.1) is 12.7 Å². The Morgan fingerprint density at radius 2 is 2.05 bits per heavy atom. The van der Waals surface area contributed by atoms with E-state index in [0.29, 0.717) is 11.6 Å². The van der Waals surface area contributed by atoms with E-state index < -0.39 is 0 Å². The quantitative estimate of drug-likeness (QED) is 0.840. The smallest absolute Gasteiger partial charge is 0.173 e. The monoisotopic (exact) mass is 258 g/mol. The Balaban J connectivity index is 2.19. The number of nitrogens with zero attached hydrogens (tertiary/aromatic N) is 1. The van der Waals surface area contributed by atoms with E-state index in [9.17, 15) is 0 Å². The Morgan fingerprint density at radius 3 is 2.79 bits per heavy atom. The van der Waals surface area contributed by atoms with E-state index in [1.807, 2.05) is 6.07 Å². The van der Waals surface area contributed by atoms with Gasteiger partial charge in [-0.05, 0) is 42.9 Å². The second-order valence-corrected chi connectivity index (χ2v) is 4.96. The SMILES string of the molecule is COc1ccc2c(c1-c1cc(N)no1)CCCCC2. The van der Waals surface area contributed by atoms with E-state index in [1.54, 1.807) is 13.2 Å². The molecule has 1 heterocycles. The summed E-state index contributed by atoms with van der Waals surface area (Å²) in [6.07, 6.45) is 5.90. The Bertz CT molecular complexity index is 590. The summed E-state index contributed by atoms with van der Waals surface area (Å²) in [5.41, 5.74) is 9.41. The van der Waals surface area contributed by atoms with E-state index >= 15 is 0 Å². The maximum atomic E-state index is 5.67. The number of rotatable bonds is 2. The summed E-state index contributed by atoms with van der Waals surface area (Å²) < 4.78 is 10.8. The van der Waals surface area contributed by atoms with Crippen LogP contribution in [0.2, 0.25) is 0 Å². The number of nitrogen functional groups attached to an aromatic ring is 1. The minimum absolute atomic E-state index is 0.406. The molecule has 0 aliphatic heterocycles. The molecule has 0 unspecified atom stereocenters. The first-order valence-corrected chi connectivity index (χ1v) is 6.71. The van der Waals surface area contributed by atoms with Gasteiger partial charge in [-0.25, -0.2) is 0 Å². The van der Waals surface area contributed by atoms with Gasteiger partial charge < -0.3 is 15.0 Å². The molecule has 0 bridgehead atoms. The van der Waals surface area contributed by atoms with Crippen LogP contribution in [0.4, 0.5) is 5.82 Å². The van der Waals surface area contributed by atoms with Gasteiger partial charge >= 0.3 is 0 Å². The van der Waals surface area contributed by atoms with Gasteiger partial charge in [-0.15, -0.1) is 0 Å².